The van der Waals surface area contributed by atoms with Crippen molar-refractivity contribution in [2.75, 3.05) is 0 Å². The molecule has 4 rings (SSSR count). The molecule has 3 fully saturated rings. The van der Waals surface area contributed by atoms with Crippen molar-refractivity contribution in [1.82, 2.24) is 0 Å². The van der Waals surface area contributed by atoms with Crippen molar-refractivity contribution in [3.63, 3.8) is 0 Å². The Bertz CT molecular complexity index is 383. The van der Waals surface area contributed by atoms with Crippen molar-refractivity contribution >= 4 is 0 Å². The Kier molecular flexibility index (Phi) is 2.16. The lowest BCUT2D eigenvalue weighted by molar-refractivity contribution is 0.107. The molecule has 0 aromatic heterocycles. The van der Waals surface area contributed by atoms with E-state index in [-0.39, 0.29) is 5.54 Å². The van der Waals surface area contributed by atoms with Crippen molar-refractivity contribution < 1.29 is 0 Å². The molecule has 16 heavy (non-hydrogen) atoms. The molecule has 86 valence electrons. The summed E-state index contributed by atoms with van der Waals surface area (Å²) in [4.78, 5) is 0. The van der Waals surface area contributed by atoms with Crippen LogP contribution in [0.3, 0.4) is 0 Å². The molecule has 1 heteroatoms. The molecule has 0 heterocycles. The van der Waals surface area contributed by atoms with Gasteiger partial charge in [0.2, 0.25) is 0 Å². The maximum atomic E-state index is 6.37. The Morgan fingerprint density at radius 3 is 2.06 bits per heavy atom. The summed E-state index contributed by atoms with van der Waals surface area (Å²) in [5.41, 5.74) is 10.1. The van der Waals surface area contributed by atoms with Crippen LogP contribution in [0.1, 0.15) is 49.7 Å². The molecule has 0 radical (unpaired) electrons. The molecule has 0 atom stereocenters. The molecular formula is C15H21N. The second-order valence-corrected chi connectivity index (χ2v) is 5.96. The Labute approximate surface area is 98.0 Å². The first-order valence-corrected chi connectivity index (χ1v) is 6.49. The van der Waals surface area contributed by atoms with Crippen molar-refractivity contribution in [2.24, 2.45) is 5.73 Å². The van der Waals surface area contributed by atoms with Crippen LogP contribution in [0, 0.1) is 6.92 Å². The predicted molar refractivity (Wildman–Crippen MR) is 67.5 cm³/mol. The van der Waals surface area contributed by atoms with Gasteiger partial charge in [0.1, 0.15) is 0 Å². The van der Waals surface area contributed by atoms with Gasteiger partial charge in [0.05, 0.1) is 0 Å². The van der Waals surface area contributed by atoms with E-state index < -0.39 is 0 Å². The Morgan fingerprint density at radius 2 is 1.50 bits per heavy atom. The predicted octanol–water partition coefficient (Wildman–Crippen LogP) is 3.30. The van der Waals surface area contributed by atoms with E-state index in [1.54, 1.807) is 5.56 Å². The maximum Gasteiger partial charge on any atom is 0.0155 e. The van der Waals surface area contributed by atoms with Gasteiger partial charge in [-0.25, -0.2) is 0 Å². The number of aryl methyl sites for hydroxylation is 1. The first kappa shape index (κ1) is 10.3. The molecule has 3 aliphatic rings. The highest BCUT2D eigenvalue weighted by Gasteiger charge is 2.47. The summed E-state index contributed by atoms with van der Waals surface area (Å²) >= 11 is 0. The highest BCUT2D eigenvalue weighted by atomic mass is 14.8. The van der Waals surface area contributed by atoms with Crippen molar-refractivity contribution in [1.29, 1.82) is 0 Å². The van der Waals surface area contributed by atoms with E-state index in [0.29, 0.717) is 5.41 Å². The van der Waals surface area contributed by atoms with E-state index in [1.165, 1.54) is 44.1 Å². The molecule has 1 aromatic carbocycles. The number of hydrogen-bond acceptors (Lipinski definition) is 1. The van der Waals surface area contributed by atoms with Crippen LogP contribution in [0.2, 0.25) is 0 Å². The minimum Gasteiger partial charge on any atom is -0.325 e. The summed E-state index contributed by atoms with van der Waals surface area (Å²) in [6.07, 6.45) is 7.57. The summed E-state index contributed by atoms with van der Waals surface area (Å²) in [7, 11) is 0. The fraction of sp³-hybridized carbons (Fsp3) is 0.600. The van der Waals surface area contributed by atoms with Crippen molar-refractivity contribution in [3.8, 4) is 0 Å². The summed E-state index contributed by atoms with van der Waals surface area (Å²) in [6, 6.07) is 8.93. The third-order valence-corrected chi connectivity index (χ3v) is 5.02. The van der Waals surface area contributed by atoms with Crippen LogP contribution in [0.25, 0.3) is 0 Å². The number of rotatable bonds is 1. The topological polar surface area (TPSA) is 26.0 Å². The molecule has 0 saturated heterocycles. The minimum absolute atomic E-state index is 0.185. The Balaban J connectivity index is 1.99. The van der Waals surface area contributed by atoms with E-state index in [9.17, 15) is 0 Å². The first-order valence-electron chi connectivity index (χ1n) is 6.49. The molecule has 0 spiro atoms. The van der Waals surface area contributed by atoms with Gasteiger partial charge in [0, 0.05) is 5.54 Å². The zero-order valence-corrected chi connectivity index (χ0v) is 10.1. The molecule has 2 N–H and O–H groups in total. The van der Waals surface area contributed by atoms with Crippen LogP contribution >= 0.6 is 0 Å². The van der Waals surface area contributed by atoms with Crippen LogP contribution in [0.4, 0.5) is 0 Å². The van der Waals surface area contributed by atoms with Gasteiger partial charge in [-0.15, -0.1) is 0 Å². The fourth-order valence-corrected chi connectivity index (χ4v) is 3.79. The molecule has 0 aliphatic heterocycles. The monoisotopic (exact) mass is 215 g/mol. The molecular weight excluding hydrogens is 194 g/mol. The third kappa shape index (κ3) is 1.41. The molecule has 2 bridgehead atoms. The minimum atomic E-state index is 0.185. The summed E-state index contributed by atoms with van der Waals surface area (Å²) in [6.45, 7) is 2.25. The number of nitrogens with two attached hydrogens (primary N) is 1. The summed E-state index contributed by atoms with van der Waals surface area (Å²) in [5, 5.41) is 0. The number of benzene rings is 1. The van der Waals surface area contributed by atoms with Crippen LogP contribution in [0.5, 0.6) is 0 Å². The van der Waals surface area contributed by atoms with Crippen LogP contribution in [-0.4, -0.2) is 5.54 Å². The molecule has 3 aliphatic carbocycles. The lowest BCUT2D eigenvalue weighted by Crippen LogP contribution is -2.53. The number of fused-ring (bicyclic) bond motifs is 3. The zero-order valence-electron chi connectivity index (χ0n) is 10.1. The van der Waals surface area contributed by atoms with Gasteiger partial charge in [0.25, 0.3) is 0 Å². The quantitative estimate of drug-likeness (QED) is 0.764. The SMILES string of the molecule is Cc1ccccc1C12CCC(N)(CC1)CC2. The largest absolute Gasteiger partial charge is 0.325 e. The van der Waals surface area contributed by atoms with Gasteiger partial charge >= 0.3 is 0 Å². The van der Waals surface area contributed by atoms with Crippen LogP contribution in [-0.2, 0) is 5.41 Å². The van der Waals surface area contributed by atoms with E-state index in [4.69, 9.17) is 5.73 Å². The highest BCUT2D eigenvalue weighted by molar-refractivity contribution is 5.35. The molecule has 0 amide bonds. The van der Waals surface area contributed by atoms with E-state index in [2.05, 4.69) is 31.2 Å². The van der Waals surface area contributed by atoms with Gasteiger partial charge in [-0.1, -0.05) is 24.3 Å². The van der Waals surface area contributed by atoms with E-state index in [1.807, 2.05) is 0 Å². The molecule has 0 unspecified atom stereocenters. The van der Waals surface area contributed by atoms with Crippen LogP contribution < -0.4 is 5.73 Å². The molecule has 3 saturated carbocycles. The second kappa shape index (κ2) is 3.33. The van der Waals surface area contributed by atoms with Crippen molar-refractivity contribution in [3.05, 3.63) is 35.4 Å². The van der Waals surface area contributed by atoms with Gasteiger partial charge in [-0.2, -0.15) is 0 Å². The molecule has 1 aromatic rings. The lowest BCUT2D eigenvalue weighted by Gasteiger charge is -2.52. The zero-order chi connectivity index (χ0) is 11.2. The normalized spacial score (nSPS) is 37.6. The Hall–Kier alpha value is -0.820. The summed E-state index contributed by atoms with van der Waals surface area (Å²) < 4.78 is 0. The first-order chi connectivity index (χ1) is 7.64. The highest BCUT2D eigenvalue weighted by Crippen LogP contribution is 2.53. The van der Waals surface area contributed by atoms with Crippen LogP contribution in [0.15, 0.2) is 24.3 Å². The molecule has 1 nitrogen and oxygen atoms in total. The fourth-order valence-electron chi connectivity index (χ4n) is 3.79. The third-order valence-electron chi connectivity index (χ3n) is 5.02. The standard InChI is InChI=1S/C15H21N/c1-12-4-2-3-5-13(12)14-6-9-15(16,10-7-14)11-8-14/h2-5H,6-11,16H2,1H3. The average molecular weight is 215 g/mol. The van der Waals surface area contributed by atoms with Gasteiger partial charge in [0.15, 0.2) is 0 Å². The van der Waals surface area contributed by atoms with Gasteiger partial charge < -0.3 is 5.73 Å². The van der Waals surface area contributed by atoms with Crippen molar-refractivity contribution in [2.45, 2.75) is 56.4 Å². The van der Waals surface area contributed by atoms with Gasteiger partial charge in [-0.05, 0) is 62.0 Å². The Morgan fingerprint density at radius 1 is 0.938 bits per heavy atom. The van der Waals surface area contributed by atoms with Gasteiger partial charge in [-0.3, -0.25) is 0 Å². The smallest absolute Gasteiger partial charge is 0.0155 e. The van der Waals surface area contributed by atoms with E-state index >= 15 is 0 Å². The summed E-state index contributed by atoms with van der Waals surface area (Å²) in [5.74, 6) is 0. The lowest BCUT2D eigenvalue weighted by atomic mass is 9.55. The maximum absolute atomic E-state index is 6.37. The van der Waals surface area contributed by atoms with E-state index in [0.717, 1.165) is 0 Å². The number of hydrogen-bond donors (Lipinski definition) is 1. The average Bonchev–Trinajstić information content (AvgIpc) is 2.31. The second-order valence-electron chi connectivity index (χ2n) is 5.96.